The van der Waals surface area contributed by atoms with Crippen molar-refractivity contribution in [3.05, 3.63) is 12.2 Å². The summed E-state index contributed by atoms with van der Waals surface area (Å²) in [5.41, 5.74) is 0. The van der Waals surface area contributed by atoms with Crippen molar-refractivity contribution >= 4 is 17.7 Å². The molecule has 0 bridgehead atoms. The molecular weight excluding hydrogens is 320 g/mol. The number of aliphatic hydroxyl groups excluding tert-OH is 1. The monoisotopic (exact) mass is 348 g/mol. The third kappa shape index (κ3) is 3.50. The first kappa shape index (κ1) is 18.1. The molecule has 3 aliphatic rings. The lowest BCUT2D eigenvalue weighted by Crippen LogP contribution is -2.53. The maximum atomic E-state index is 12.9. The quantitative estimate of drug-likeness (QED) is 0.580. The second-order valence-corrected chi connectivity index (χ2v) is 7.96. The van der Waals surface area contributed by atoms with Crippen LogP contribution in [0.15, 0.2) is 12.2 Å². The zero-order valence-electron chi connectivity index (χ0n) is 15.0. The predicted molar refractivity (Wildman–Crippen MR) is 92.2 cm³/mol. The van der Waals surface area contributed by atoms with Gasteiger partial charge >= 0.3 is 0 Å². The number of amides is 3. The van der Waals surface area contributed by atoms with E-state index in [4.69, 9.17) is 0 Å². The summed E-state index contributed by atoms with van der Waals surface area (Å²) in [4.78, 5) is 39.7. The predicted octanol–water partition coefficient (Wildman–Crippen LogP) is 1.38. The number of hydrogen-bond acceptors (Lipinski definition) is 4. The summed E-state index contributed by atoms with van der Waals surface area (Å²) in [7, 11) is 0. The minimum atomic E-state index is -0.779. The number of fused-ring (bicyclic) bond motifs is 1. The van der Waals surface area contributed by atoms with Crippen molar-refractivity contribution in [3.8, 4) is 0 Å². The number of hydrogen-bond donors (Lipinski definition) is 2. The smallest absolute Gasteiger partial charge is 0.243 e. The van der Waals surface area contributed by atoms with Gasteiger partial charge in [-0.2, -0.15) is 0 Å². The molecule has 6 nitrogen and oxygen atoms in total. The summed E-state index contributed by atoms with van der Waals surface area (Å²) in [6.07, 6.45) is 7.23. The molecule has 5 unspecified atom stereocenters. The molecule has 0 spiro atoms. The van der Waals surface area contributed by atoms with E-state index in [0.717, 1.165) is 12.8 Å². The van der Waals surface area contributed by atoms with E-state index < -0.39 is 12.1 Å². The summed E-state index contributed by atoms with van der Waals surface area (Å²) < 4.78 is 0. The van der Waals surface area contributed by atoms with Crippen LogP contribution in [0.1, 0.15) is 52.4 Å². The van der Waals surface area contributed by atoms with Gasteiger partial charge in [0, 0.05) is 0 Å². The van der Waals surface area contributed by atoms with Crippen LogP contribution in [0.3, 0.4) is 0 Å². The van der Waals surface area contributed by atoms with Crippen LogP contribution >= 0.6 is 0 Å². The molecule has 1 saturated carbocycles. The van der Waals surface area contributed by atoms with E-state index in [2.05, 4.69) is 5.32 Å². The fourth-order valence-corrected chi connectivity index (χ4v) is 4.30. The number of nitrogens with one attached hydrogen (secondary N) is 1. The molecule has 0 radical (unpaired) electrons. The number of carbonyl (C=O) groups is 3. The topological polar surface area (TPSA) is 86.7 Å². The van der Waals surface area contributed by atoms with Gasteiger partial charge in [0.1, 0.15) is 6.04 Å². The number of carbonyl (C=O) groups excluding carboxylic acids is 3. The van der Waals surface area contributed by atoms with E-state index in [0.29, 0.717) is 25.7 Å². The van der Waals surface area contributed by atoms with Crippen molar-refractivity contribution in [3.63, 3.8) is 0 Å². The van der Waals surface area contributed by atoms with Gasteiger partial charge in [-0.05, 0) is 44.4 Å². The van der Waals surface area contributed by atoms with Crippen LogP contribution in [-0.4, -0.2) is 45.9 Å². The maximum Gasteiger partial charge on any atom is 0.243 e. The second-order valence-electron chi connectivity index (χ2n) is 7.96. The highest BCUT2D eigenvalue weighted by atomic mass is 16.3. The minimum Gasteiger partial charge on any atom is -0.391 e. The van der Waals surface area contributed by atoms with Crippen LogP contribution in [-0.2, 0) is 14.4 Å². The summed E-state index contributed by atoms with van der Waals surface area (Å²) in [5.74, 6) is -1.22. The van der Waals surface area contributed by atoms with Crippen LogP contribution in [0, 0.1) is 17.8 Å². The highest BCUT2D eigenvalue weighted by Gasteiger charge is 2.51. The van der Waals surface area contributed by atoms with Gasteiger partial charge in [0.25, 0.3) is 0 Å². The van der Waals surface area contributed by atoms with Gasteiger partial charge < -0.3 is 10.4 Å². The molecule has 1 aliphatic heterocycles. The largest absolute Gasteiger partial charge is 0.391 e. The van der Waals surface area contributed by atoms with Gasteiger partial charge in [-0.3, -0.25) is 19.3 Å². The molecule has 3 rings (SSSR count). The van der Waals surface area contributed by atoms with Crippen LogP contribution in [0.25, 0.3) is 0 Å². The van der Waals surface area contributed by atoms with Crippen LogP contribution in [0.4, 0.5) is 0 Å². The SMILES string of the molecule is CC(C)CC(C(=O)NC1CCCC1O)N1C(=O)C2CC=CCC2C1=O. The lowest BCUT2D eigenvalue weighted by molar-refractivity contribution is -0.148. The fourth-order valence-electron chi connectivity index (χ4n) is 4.30. The first-order chi connectivity index (χ1) is 11.9. The van der Waals surface area contributed by atoms with Crippen LogP contribution < -0.4 is 5.32 Å². The van der Waals surface area contributed by atoms with Crippen LogP contribution in [0.5, 0.6) is 0 Å². The molecule has 1 saturated heterocycles. The van der Waals surface area contributed by atoms with E-state index in [1.165, 1.54) is 4.90 Å². The third-order valence-electron chi connectivity index (χ3n) is 5.66. The molecule has 5 atom stereocenters. The van der Waals surface area contributed by atoms with Crippen molar-refractivity contribution in [2.75, 3.05) is 0 Å². The molecule has 25 heavy (non-hydrogen) atoms. The van der Waals surface area contributed by atoms with E-state index in [9.17, 15) is 19.5 Å². The van der Waals surface area contributed by atoms with Gasteiger partial charge in [0.2, 0.25) is 17.7 Å². The average molecular weight is 348 g/mol. The number of aliphatic hydroxyl groups is 1. The Morgan fingerprint density at radius 1 is 1.20 bits per heavy atom. The Labute approximate surface area is 148 Å². The first-order valence-electron chi connectivity index (χ1n) is 9.40. The van der Waals surface area contributed by atoms with Crippen LogP contribution in [0.2, 0.25) is 0 Å². The van der Waals surface area contributed by atoms with E-state index in [1.54, 1.807) is 0 Å². The van der Waals surface area contributed by atoms with Crippen molar-refractivity contribution in [2.45, 2.75) is 70.6 Å². The average Bonchev–Trinajstić information content (AvgIpc) is 3.08. The van der Waals surface area contributed by atoms with E-state index in [-0.39, 0.29) is 41.5 Å². The number of likely N-dealkylation sites (tertiary alicyclic amines) is 1. The molecule has 0 aromatic carbocycles. The van der Waals surface area contributed by atoms with Crippen molar-refractivity contribution < 1.29 is 19.5 Å². The standard InChI is InChI=1S/C19H28N2O4/c1-11(2)10-15(17(23)20-14-8-5-9-16(14)22)21-18(24)12-6-3-4-7-13(12)19(21)25/h3-4,11-16,22H,5-10H2,1-2H3,(H,20,23). The minimum absolute atomic E-state index is 0.172. The molecule has 1 heterocycles. The lowest BCUT2D eigenvalue weighted by atomic mass is 9.85. The zero-order valence-corrected chi connectivity index (χ0v) is 15.0. The number of nitrogens with zero attached hydrogens (tertiary/aromatic N) is 1. The molecule has 3 amide bonds. The molecule has 2 fully saturated rings. The lowest BCUT2D eigenvalue weighted by Gasteiger charge is -2.29. The highest BCUT2D eigenvalue weighted by Crippen LogP contribution is 2.37. The van der Waals surface area contributed by atoms with Gasteiger partial charge in [0.05, 0.1) is 24.0 Å². The Kier molecular flexibility index (Phi) is 5.27. The third-order valence-corrected chi connectivity index (χ3v) is 5.66. The summed E-state index contributed by atoms with van der Waals surface area (Å²) in [5, 5.41) is 12.9. The van der Waals surface area contributed by atoms with E-state index in [1.807, 2.05) is 26.0 Å². The van der Waals surface area contributed by atoms with E-state index >= 15 is 0 Å². The summed E-state index contributed by atoms with van der Waals surface area (Å²) in [6, 6.07) is -1.06. The maximum absolute atomic E-state index is 12.9. The van der Waals surface area contributed by atoms with Gasteiger partial charge in [-0.15, -0.1) is 0 Å². The Balaban J connectivity index is 1.79. The molecular formula is C19H28N2O4. The number of allylic oxidation sites excluding steroid dienone is 2. The van der Waals surface area contributed by atoms with Gasteiger partial charge in [-0.1, -0.05) is 26.0 Å². The van der Waals surface area contributed by atoms with Gasteiger partial charge in [0.15, 0.2) is 0 Å². The normalized spacial score (nSPS) is 33.0. The molecule has 2 N–H and O–H groups in total. The Hall–Kier alpha value is -1.69. The highest BCUT2D eigenvalue weighted by molar-refractivity contribution is 6.08. The van der Waals surface area contributed by atoms with Crippen molar-refractivity contribution in [1.82, 2.24) is 10.2 Å². The number of rotatable bonds is 5. The Morgan fingerprint density at radius 3 is 2.28 bits per heavy atom. The summed E-state index contributed by atoms with van der Waals surface area (Å²) in [6.45, 7) is 3.95. The van der Waals surface area contributed by atoms with Gasteiger partial charge in [-0.25, -0.2) is 0 Å². The van der Waals surface area contributed by atoms with Crippen molar-refractivity contribution in [1.29, 1.82) is 0 Å². The molecule has 0 aromatic rings. The second kappa shape index (κ2) is 7.28. The molecule has 6 heteroatoms. The summed E-state index contributed by atoms with van der Waals surface area (Å²) >= 11 is 0. The zero-order chi connectivity index (χ0) is 18.1. The molecule has 0 aromatic heterocycles. The fraction of sp³-hybridized carbons (Fsp3) is 0.737. The first-order valence-corrected chi connectivity index (χ1v) is 9.40. The number of imide groups is 1. The Bertz CT molecular complexity index is 560. The molecule has 138 valence electrons. The molecule has 2 aliphatic carbocycles. The van der Waals surface area contributed by atoms with Crippen molar-refractivity contribution in [2.24, 2.45) is 17.8 Å². The Morgan fingerprint density at radius 2 is 1.80 bits per heavy atom.